The number of aromatic hydroxyl groups is 1. The number of pyridine rings is 1. The number of aliphatic hydroxyl groups is 2. The van der Waals surface area contributed by atoms with Gasteiger partial charge in [-0.15, -0.1) is 0 Å². The molecular weight excluding hydrogens is 724 g/mol. The molecule has 2 saturated carbocycles. The first-order chi connectivity index (χ1) is 27.0. The molecule has 0 radical (unpaired) electrons. The average Bonchev–Trinajstić information content (AvgIpc) is 3.55. The summed E-state index contributed by atoms with van der Waals surface area (Å²) in [7, 11) is 1.39. The van der Waals surface area contributed by atoms with Crippen molar-refractivity contribution in [2.24, 2.45) is 5.41 Å². The number of anilines is 1. The number of β-amino-alcohol motifs (C(OH)–C–C–N with tert-alkyl or cyclic N) is 1. The van der Waals surface area contributed by atoms with E-state index in [-0.39, 0.29) is 88.3 Å². The normalized spacial score (nSPS) is 31.0. The highest BCUT2D eigenvalue weighted by Gasteiger charge is 2.52. The SMILES string of the molecule is COc1nc(-c2cc(O)cc3cccc(F)c23)c(F)c2nc(OCC34CCCC3N(C3CCC5(CCO5)CC3)CCC4)nc(N3CC(CO)OCC(C)(O)C3)c12. The molecule has 12 nitrogen and oxygen atoms in total. The lowest BCUT2D eigenvalue weighted by molar-refractivity contribution is -0.175. The highest BCUT2D eigenvalue weighted by atomic mass is 19.1. The van der Waals surface area contributed by atoms with Gasteiger partial charge in [0.1, 0.15) is 39.6 Å². The second kappa shape index (κ2) is 14.5. The Labute approximate surface area is 324 Å². The second-order valence-electron chi connectivity index (χ2n) is 17.1. The number of hydrogen-bond donors (Lipinski definition) is 3. The first-order valence-corrected chi connectivity index (χ1v) is 20.1. The largest absolute Gasteiger partial charge is 0.508 e. The molecule has 3 aliphatic heterocycles. The summed E-state index contributed by atoms with van der Waals surface area (Å²) < 4.78 is 57.0. The van der Waals surface area contributed by atoms with Crippen LogP contribution in [-0.4, -0.2) is 118 Å². The molecule has 2 aromatic carbocycles. The molecule has 4 unspecified atom stereocenters. The van der Waals surface area contributed by atoms with E-state index in [1.54, 1.807) is 17.9 Å². The van der Waals surface area contributed by atoms with Gasteiger partial charge in [0.25, 0.3) is 0 Å². The Kier molecular flexibility index (Phi) is 9.71. The molecule has 0 bridgehead atoms. The topological polar surface area (TPSA) is 143 Å². The lowest BCUT2D eigenvalue weighted by Gasteiger charge is -2.53. The van der Waals surface area contributed by atoms with Crippen molar-refractivity contribution < 1.29 is 43.0 Å². The summed E-state index contributed by atoms with van der Waals surface area (Å²) in [6, 6.07) is 7.91. The zero-order valence-corrected chi connectivity index (χ0v) is 32.1. The third kappa shape index (κ3) is 6.60. The van der Waals surface area contributed by atoms with Crippen molar-refractivity contribution in [2.45, 2.75) is 101 Å². The number of aliphatic hydroxyl groups excluding tert-OH is 1. The van der Waals surface area contributed by atoms with E-state index in [9.17, 15) is 15.3 Å². The summed E-state index contributed by atoms with van der Waals surface area (Å²) in [4.78, 5) is 18.6. The van der Waals surface area contributed by atoms with Crippen molar-refractivity contribution in [3.63, 3.8) is 0 Å². The predicted octanol–water partition coefficient (Wildman–Crippen LogP) is 5.90. The van der Waals surface area contributed by atoms with Gasteiger partial charge in [-0.25, -0.2) is 13.8 Å². The summed E-state index contributed by atoms with van der Waals surface area (Å²) in [5, 5.41) is 32.7. The van der Waals surface area contributed by atoms with Gasteiger partial charge in [-0.1, -0.05) is 18.6 Å². The first-order valence-electron chi connectivity index (χ1n) is 20.1. The van der Waals surface area contributed by atoms with Crippen LogP contribution in [0.25, 0.3) is 32.9 Å². The third-order valence-corrected chi connectivity index (χ3v) is 13.3. The van der Waals surface area contributed by atoms with Gasteiger partial charge in [0.15, 0.2) is 5.82 Å². The smallest absolute Gasteiger partial charge is 0.319 e. The lowest BCUT2D eigenvalue weighted by atomic mass is 9.72. The Bertz CT molecular complexity index is 2130. The van der Waals surface area contributed by atoms with Gasteiger partial charge in [0.05, 0.1) is 51.8 Å². The van der Waals surface area contributed by atoms with E-state index >= 15 is 8.78 Å². The zero-order valence-electron chi connectivity index (χ0n) is 32.1. The van der Waals surface area contributed by atoms with Crippen LogP contribution in [0.5, 0.6) is 17.6 Å². The molecule has 5 aliphatic rings. The van der Waals surface area contributed by atoms with Gasteiger partial charge < -0.3 is 39.2 Å². The first kappa shape index (κ1) is 37.6. The fourth-order valence-electron chi connectivity index (χ4n) is 10.5. The minimum atomic E-state index is -1.36. The van der Waals surface area contributed by atoms with Gasteiger partial charge in [0, 0.05) is 35.0 Å². The molecule has 0 amide bonds. The van der Waals surface area contributed by atoms with Gasteiger partial charge >= 0.3 is 6.01 Å². The number of piperidine rings is 1. The number of likely N-dealkylation sites (tertiary alicyclic amines) is 1. The molecule has 5 fully saturated rings. The number of halogens is 2. The summed E-state index contributed by atoms with van der Waals surface area (Å²) in [5.74, 6) is -1.54. The monoisotopic (exact) mass is 775 g/mol. The standard InChI is InChI=1S/C42H51F2N5O7/c1-40(52)22-48(20-28(21-50)54-23-40)37-33-36(34(44)35(45-38(33)53-2)29-19-27(51)18-25-6-3-7-30(43)32(25)29)46-39(47-37)55-24-41-11-4-8-31(41)49(16-5-12-41)26-9-13-42(14-10-26)15-17-56-42/h3,6-7,18-19,26,28,31,50-52H,4-5,8-17,20-24H2,1-2H3. The third-order valence-electron chi connectivity index (χ3n) is 13.3. The van der Waals surface area contributed by atoms with Crippen LogP contribution in [0.15, 0.2) is 30.3 Å². The number of fused-ring (bicyclic) bond motifs is 3. The van der Waals surface area contributed by atoms with Crippen molar-refractivity contribution >= 4 is 27.5 Å². The number of ether oxygens (including phenoxy) is 4. The fraction of sp³-hybridized carbons (Fsp3) is 0.595. The van der Waals surface area contributed by atoms with E-state index in [0.717, 1.165) is 70.9 Å². The quantitative estimate of drug-likeness (QED) is 0.196. The van der Waals surface area contributed by atoms with Crippen LogP contribution in [0.1, 0.15) is 71.1 Å². The van der Waals surface area contributed by atoms with Crippen molar-refractivity contribution in [1.82, 2.24) is 19.9 Å². The van der Waals surface area contributed by atoms with Crippen molar-refractivity contribution in [2.75, 3.05) is 58.1 Å². The van der Waals surface area contributed by atoms with Crippen molar-refractivity contribution in [3.8, 4) is 28.9 Å². The van der Waals surface area contributed by atoms with Crippen LogP contribution < -0.4 is 14.4 Å². The van der Waals surface area contributed by atoms with Crippen LogP contribution >= 0.6 is 0 Å². The van der Waals surface area contributed by atoms with Crippen LogP contribution in [0.2, 0.25) is 0 Å². The fourth-order valence-corrected chi connectivity index (χ4v) is 10.5. The molecule has 2 aromatic heterocycles. The Hall–Kier alpha value is -3.95. The number of aromatic nitrogens is 3. The molecule has 9 rings (SSSR count). The molecule has 3 saturated heterocycles. The second-order valence-corrected chi connectivity index (χ2v) is 17.1. The Morgan fingerprint density at radius 1 is 1.00 bits per heavy atom. The van der Waals surface area contributed by atoms with Gasteiger partial charge in [-0.2, -0.15) is 9.97 Å². The number of rotatable bonds is 8. The van der Waals surface area contributed by atoms with E-state index in [1.807, 2.05) is 0 Å². The molecular formula is C42H51F2N5O7. The van der Waals surface area contributed by atoms with E-state index < -0.39 is 23.3 Å². The number of benzene rings is 2. The van der Waals surface area contributed by atoms with E-state index in [4.69, 9.17) is 28.9 Å². The molecule has 5 heterocycles. The number of phenolic OH excluding ortho intramolecular Hbond substituents is 1. The maximum absolute atomic E-state index is 17.3. The Morgan fingerprint density at radius 3 is 2.55 bits per heavy atom. The maximum atomic E-state index is 17.3. The highest BCUT2D eigenvalue weighted by Crippen LogP contribution is 2.51. The van der Waals surface area contributed by atoms with Crippen LogP contribution in [0, 0.1) is 17.0 Å². The molecule has 14 heteroatoms. The summed E-state index contributed by atoms with van der Waals surface area (Å²) in [6.07, 6.45) is 10.2. The minimum absolute atomic E-state index is 0.0253. The number of hydrogen-bond acceptors (Lipinski definition) is 12. The summed E-state index contributed by atoms with van der Waals surface area (Å²) in [6.45, 7) is 3.69. The zero-order chi connectivity index (χ0) is 38.8. The number of phenols is 1. The molecule has 2 aliphatic carbocycles. The number of nitrogens with zero attached hydrogens (tertiary/aromatic N) is 5. The molecule has 56 heavy (non-hydrogen) atoms. The van der Waals surface area contributed by atoms with Gasteiger partial charge in [0.2, 0.25) is 5.88 Å². The van der Waals surface area contributed by atoms with Crippen LogP contribution in [0.3, 0.4) is 0 Å². The average molecular weight is 776 g/mol. The highest BCUT2D eigenvalue weighted by molar-refractivity contribution is 6.02. The van der Waals surface area contributed by atoms with Gasteiger partial charge in [-0.3, -0.25) is 4.90 Å². The lowest BCUT2D eigenvalue weighted by Crippen LogP contribution is -2.58. The van der Waals surface area contributed by atoms with E-state index in [1.165, 1.54) is 37.8 Å². The van der Waals surface area contributed by atoms with Gasteiger partial charge in [-0.05, 0) is 94.8 Å². The van der Waals surface area contributed by atoms with Crippen molar-refractivity contribution in [1.29, 1.82) is 0 Å². The predicted molar refractivity (Wildman–Crippen MR) is 205 cm³/mol. The Morgan fingerprint density at radius 2 is 1.80 bits per heavy atom. The van der Waals surface area contributed by atoms with Crippen LogP contribution in [0.4, 0.5) is 14.6 Å². The van der Waals surface area contributed by atoms with E-state index in [2.05, 4.69) is 9.88 Å². The molecule has 4 aromatic rings. The van der Waals surface area contributed by atoms with Crippen LogP contribution in [-0.2, 0) is 9.47 Å². The van der Waals surface area contributed by atoms with Crippen molar-refractivity contribution in [3.05, 3.63) is 42.0 Å². The summed E-state index contributed by atoms with van der Waals surface area (Å²) in [5.41, 5.74) is -1.80. The molecule has 300 valence electrons. The van der Waals surface area contributed by atoms with E-state index in [0.29, 0.717) is 24.1 Å². The Balaban J connectivity index is 1.13. The maximum Gasteiger partial charge on any atom is 0.319 e. The summed E-state index contributed by atoms with van der Waals surface area (Å²) >= 11 is 0. The number of methoxy groups -OCH3 is 1. The molecule has 4 atom stereocenters. The molecule has 3 N–H and O–H groups in total. The molecule has 1 spiro atoms. The minimum Gasteiger partial charge on any atom is -0.508 e.